The molecule has 3 fully saturated rings. The first-order valence-corrected chi connectivity index (χ1v) is 9.06. The molecule has 0 radical (unpaired) electrons. The van der Waals surface area contributed by atoms with E-state index in [4.69, 9.17) is 0 Å². The molecule has 2 heteroatoms. The van der Waals surface area contributed by atoms with Gasteiger partial charge in [0, 0.05) is 18.5 Å². The smallest absolute Gasteiger partial charge is 0.225 e. The largest absolute Gasteiger partial charge is 0.339 e. The van der Waals surface area contributed by atoms with Gasteiger partial charge in [-0.3, -0.25) is 4.79 Å². The molecule has 2 saturated carbocycles. The summed E-state index contributed by atoms with van der Waals surface area (Å²) >= 11 is 0. The molecule has 3 aliphatic rings. The molecule has 0 spiro atoms. The van der Waals surface area contributed by atoms with Crippen LogP contribution in [0.5, 0.6) is 0 Å². The van der Waals surface area contributed by atoms with E-state index >= 15 is 0 Å². The standard InChI is InChI=1S/C18H31NO/c1-14(13-15-7-3-2-4-8-15)18(20)19-12-6-11-17(19)16-9-5-10-16/h14-17H,2-13H2,1H3/t14-,17+/m0/s1. The zero-order chi connectivity index (χ0) is 13.9. The highest BCUT2D eigenvalue weighted by molar-refractivity contribution is 5.79. The minimum atomic E-state index is 0.263. The van der Waals surface area contributed by atoms with Crippen molar-refractivity contribution in [3.8, 4) is 0 Å². The Morgan fingerprint density at radius 1 is 1.00 bits per heavy atom. The van der Waals surface area contributed by atoms with E-state index in [1.807, 2.05) is 0 Å². The molecule has 0 aromatic heterocycles. The summed E-state index contributed by atoms with van der Waals surface area (Å²) in [5.74, 6) is 2.40. The van der Waals surface area contributed by atoms with Gasteiger partial charge in [0.15, 0.2) is 0 Å². The zero-order valence-corrected chi connectivity index (χ0v) is 13.2. The Balaban J connectivity index is 1.53. The number of hydrogen-bond acceptors (Lipinski definition) is 1. The summed E-state index contributed by atoms with van der Waals surface area (Å²) in [5.41, 5.74) is 0. The van der Waals surface area contributed by atoms with E-state index in [1.54, 1.807) is 0 Å². The lowest BCUT2D eigenvalue weighted by atomic mass is 9.78. The quantitative estimate of drug-likeness (QED) is 0.746. The third-order valence-electron chi connectivity index (χ3n) is 6.11. The van der Waals surface area contributed by atoms with Gasteiger partial charge in [-0.2, -0.15) is 0 Å². The molecule has 3 rings (SSSR count). The minimum Gasteiger partial charge on any atom is -0.339 e. The molecule has 1 amide bonds. The van der Waals surface area contributed by atoms with Gasteiger partial charge >= 0.3 is 0 Å². The predicted molar refractivity (Wildman–Crippen MR) is 82.4 cm³/mol. The van der Waals surface area contributed by atoms with Crippen LogP contribution in [0.1, 0.15) is 77.6 Å². The molecular weight excluding hydrogens is 246 g/mol. The Morgan fingerprint density at radius 2 is 1.75 bits per heavy atom. The highest BCUT2D eigenvalue weighted by Crippen LogP contribution is 2.38. The molecule has 0 bridgehead atoms. The molecule has 0 unspecified atom stereocenters. The normalized spacial score (nSPS) is 30.2. The van der Waals surface area contributed by atoms with Crippen LogP contribution < -0.4 is 0 Å². The third-order valence-corrected chi connectivity index (χ3v) is 6.11. The Morgan fingerprint density at radius 3 is 2.40 bits per heavy atom. The molecule has 20 heavy (non-hydrogen) atoms. The number of hydrogen-bond donors (Lipinski definition) is 0. The van der Waals surface area contributed by atoms with Gasteiger partial charge in [0.2, 0.25) is 5.91 Å². The summed E-state index contributed by atoms with van der Waals surface area (Å²) < 4.78 is 0. The molecule has 1 saturated heterocycles. The van der Waals surface area contributed by atoms with E-state index in [9.17, 15) is 4.79 Å². The van der Waals surface area contributed by atoms with E-state index in [0.29, 0.717) is 11.9 Å². The van der Waals surface area contributed by atoms with E-state index < -0.39 is 0 Å². The molecule has 0 N–H and O–H groups in total. The van der Waals surface area contributed by atoms with Crippen molar-refractivity contribution in [2.75, 3.05) is 6.54 Å². The number of likely N-dealkylation sites (tertiary alicyclic amines) is 1. The first-order chi connectivity index (χ1) is 9.75. The van der Waals surface area contributed by atoms with Crippen LogP contribution in [0.2, 0.25) is 0 Å². The lowest BCUT2D eigenvalue weighted by molar-refractivity contribution is -0.138. The first-order valence-electron chi connectivity index (χ1n) is 9.06. The van der Waals surface area contributed by atoms with Gasteiger partial charge in [0.1, 0.15) is 0 Å². The van der Waals surface area contributed by atoms with Crippen LogP contribution in [0.25, 0.3) is 0 Å². The van der Waals surface area contributed by atoms with Crippen molar-refractivity contribution in [3.05, 3.63) is 0 Å². The topological polar surface area (TPSA) is 20.3 Å². The van der Waals surface area contributed by atoms with Crippen LogP contribution in [0.4, 0.5) is 0 Å². The monoisotopic (exact) mass is 277 g/mol. The molecule has 1 heterocycles. The average Bonchev–Trinajstić information content (AvgIpc) is 2.86. The molecule has 114 valence electrons. The van der Waals surface area contributed by atoms with E-state index in [2.05, 4.69) is 11.8 Å². The Hall–Kier alpha value is -0.530. The third kappa shape index (κ3) is 3.04. The van der Waals surface area contributed by atoms with Crippen molar-refractivity contribution in [2.45, 2.75) is 83.6 Å². The fourth-order valence-corrected chi connectivity index (χ4v) is 4.69. The Kier molecular flexibility index (Phi) is 4.68. The molecular formula is C18H31NO. The fourth-order valence-electron chi connectivity index (χ4n) is 4.69. The van der Waals surface area contributed by atoms with Crippen molar-refractivity contribution in [2.24, 2.45) is 17.8 Å². The lowest BCUT2D eigenvalue weighted by Gasteiger charge is -2.38. The summed E-state index contributed by atoms with van der Waals surface area (Å²) in [7, 11) is 0. The fraction of sp³-hybridized carbons (Fsp3) is 0.944. The molecule has 2 atom stereocenters. The first kappa shape index (κ1) is 14.4. The van der Waals surface area contributed by atoms with E-state index in [0.717, 1.165) is 24.8 Å². The lowest BCUT2D eigenvalue weighted by Crippen LogP contribution is -2.44. The number of amides is 1. The summed E-state index contributed by atoms with van der Waals surface area (Å²) in [6.45, 7) is 3.22. The van der Waals surface area contributed by atoms with Gasteiger partial charge in [0.25, 0.3) is 0 Å². The van der Waals surface area contributed by atoms with Crippen LogP contribution >= 0.6 is 0 Å². The summed E-state index contributed by atoms with van der Waals surface area (Å²) in [6, 6.07) is 0.602. The zero-order valence-electron chi connectivity index (χ0n) is 13.2. The van der Waals surface area contributed by atoms with Crippen LogP contribution in [0.3, 0.4) is 0 Å². The molecule has 2 aliphatic carbocycles. The predicted octanol–water partition coefficient (Wildman–Crippen LogP) is 4.38. The summed E-state index contributed by atoms with van der Waals surface area (Å²) in [6.07, 6.45) is 14.7. The maximum absolute atomic E-state index is 12.8. The SMILES string of the molecule is C[C@@H](CC1CCCCC1)C(=O)N1CCC[C@@H]1C1CCC1. The van der Waals surface area contributed by atoms with Gasteiger partial charge in [-0.25, -0.2) is 0 Å². The maximum Gasteiger partial charge on any atom is 0.225 e. The van der Waals surface area contributed by atoms with Gasteiger partial charge < -0.3 is 4.90 Å². The van der Waals surface area contributed by atoms with Gasteiger partial charge in [-0.05, 0) is 43.9 Å². The maximum atomic E-state index is 12.8. The van der Waals surface area contributed by atoms with Crippen LogP contribution in [-0.2, 0) is 4.79 Å². The number of nitrogens with zero attached hydrogens (tertiary/aromatic N) is 1. The number of carbonyl (C=O) groups excluding carboxylic acids is 1. The Labute approximate surface area is 124 Å². The molecule has 0 aromatic carbocycles. The summed E-state index contributed by atoms with van der Waals surface area (Å²) in [4.78, 5) is 15.1. The van der Waals surface area contributed by atoms with Gasteiger partial charge in [-0.1, -0.05) is 45.4 Å². The van der Waals surface area contributed by atoms with Crippen molar-refractivity contribution in [1.29, 1.82) is 0 Å². The van der Waals surface area contributed by atoms with Crippen molar-refractivity contribution in [1.82, 2.24) is 4.90 Å². The minimum absolute atomic E-state index is 0.263. The van der Waals surface area contributed by atoms with E-state index in [1.165, 1.54) is 64.2 Å². The van der Waals surface area contributed by atoms with Gasteiger partial charge in [-0.15, -0.1) is 0 Å². The van der Waals surface area contributed by atoms with Crippen molar-refractivity contribution < 1.29 is 4.79 Å². The van der Waals surface area contributed by atoms with Crippen LogP contribution in [0, 0.1) is 17.8 Å². The second-order valence-corrected chi connectivity index (χ2v) is 7.57. The van der Waals surface area contributed by atoms with E-state index in [-0.39, 0.29) is 5.92 Å². The number of rotatable bonds is 4. The number of carbonyl (C=O) groups is 1. The van der Waals surface area contributed by atoms with Crippen LogP contribution in [-0.4, -0.2) is 23.4 Å². The second kappa shape index (κ2) is 6.49. The molecule has 1 aliphatic heterocycles. The average molecular weight is 277 g/mol. The second-order valence-electron chi connectivity index (χ2n) is 7.57. The van der Waals surface area contributed by atoms with Crippen molar-refractivity contribution in [3.63, 3.8) is 0 Å². The highest BCUT2D eigenvalue weighted by Gasteiger charge is 2.38. The molecule has 0 aromatic rings. The van der Waals surface area contributed by atoms with Crippen molar-refractivity contribution >= 4 is 5.91 Å². The Bertz CT molecular complexity index is 330. The summed E-state index contributed by atoms with van der Waals surface area (Å²) in [5, 5.41) is 0. The van der Waals surface area contributed by atoms with Crippen LogP contribution in [0.15, 0.2) is 0 Å². The highest BCUT2D eigenvalue weighted by atomic mass is 16.2. The molecule has 2 nitrogen and oxygen atoms in total. The van der Waals surface area contributed by atoms with Gasteiger partial charge in [0.05, 0.1) is 0 Å².